The van der Waals surface area contributed by atoms with E-state index in [1.54, 1.807) is 17.4 Å². The Balaban J connectivity index is 2.14. The van der Waals surface area contributed by atoms with Gasteiger partial charge < -0.3 is 10.7 Å². The number of carbonyl (C=O) groups is 1. The highest BCUT2D eigenvalue weighted by molar-refractivity contribution is 7.12. The average Bonchev–Trinajstić information content (AvgIpc) is 2.77. The molecule has 1 unspecified atom stereocenters. The first-order chi connectivity index (χ1) is 9.92. The van der Waals surface area contributed by atoms with Crippen LogP contribution < -0.4 is 16.6 Å². The Bertz CT molecular complexity index is 664. The first-order valence-corrected chi connectivity index (χ1v) is 7.69. The maximum Gasteiger partial charge on any atom is 0.251 e. The molecule has 0 bridgehead atoms. The minimum absolute atomic E-state index is 0.00457. The standard InChI is InChI=1S/C16H21N3OS/c1-9-7-13(5-6-15(9)19-17)16(20)18-11(3)14-8-10(2)21-12(14)4/h5-8,11,19H,17H2,1-4H3,(H,18,20). The minimum Gasteiger partial charge on any atom is -0.345 e. The number of hydrogen-bond acceptors (Lipinski definition) is 4. The molecule has 0 aliphatic carbocycles. The van der Waals surface area contributed by atoms with Crippen molar-refractivity contribution in [1.29, 1.82) is 0 Å². The SMILES string of the molecule is Cc1cc(C(C)NC(=O)c2ccc(NN)c(C)c2)c(C)s1. The molecule has 0 aliphatic rings. The van der Waals surface area contributed by atoms with Crippen molar-refractivity contribution < 1.29 is 4.79 Å². The average molecular weight is 303 g/mol. The predicted octanol–water partition coefficient (Wildman–Crippen LogP) is 3.45. The molecule has 2 aromatic rings. The molecule has 4 N–H and O–H groups in total. The molecule has 0 saturated heterocycles. The highest BCUT2D eigenvalue weighted by Crippen LogP contribution is 2.26. The van der Waals surface area contributed by atoms with E-state index in [2.05, 4.69) is 30.7 Å². The molecule has 112 valence electrons. The molecule has 5 heteroatoms. The van der Waals surface area contributed by atoms with Crippen LogP contribution in [0.3, 0.4) is 0 Å². The van der Waals surface area contributed by atoms with E-state index >= 15 is 0 Å². The zero-order valence-corrected chi connectivity index (χ0v) is 13.6. The number of thiophene rings is 1. The summed E-state index contributed by atoms with van der Waals surface area (Å²) in [5.41, 5.74) is 6.20. The fraction of sp³-hybridized carbons (Fsp3) is 0.312. The summed E-state index contributed by atoms with van der Waals surface area (Å²) in [4.78, 5) is 14.9. The highest BCUT2D eigenvalue weighted by atomic mass is 32.1. The maximum atomic E-state index is 12.3. The lowest BCUT2D eigenvalue weighted by Crippen LogP contribution is -2.26. The molecule has 1 aromatic heterocycles. The lowest BCUT2D eigenvalue weighted by molar-refractivity contribution is 0.0940. The number of benzene rings is 1. The van der Waals surface area contributed by atoms with Crippen molar-refractivity contribution in [2.24, 2.45) is 5.84 Å². The zero-order chi connectivity index (χ0) is 15.6. The van der Waals surface area contributed by atoms with Gasteiger partial charge >= 0.3 is 0 Å². The molecule has 4 nitrogen and oxygen atoms in total. The van der Waals surface area contributed by atoms with Crippen LogP contribution in [0.5, 0.6) is 0 Å². The third kappa shape index (κ3) is 3.43. The van der Waals surface area contributed by atoms with E-state index in [9.17, 15) is 4.79 Å². The molecule has 0 saturated carbocycles. The van der Waals surface area contributed by atoms with Gasteiger partial charge in [-0.2, -0.15) is 0 Å². The molecule has 0 spiro atoms. The quantitative estimate of drug-likeness (QED) is 0.598. The summed E-state index contributed by atoms with van der Waals surface area (Å²) in [6.07, 6.45) is 0. The molecular weight excluding hydrogens is 282 g/mol. The van der Waals surface area contributed by atoms with E-state index in [1.807, 2.05) is 26.0 Å². The Morgan fingerprint density at radius 2 is 1.95 bits per heavy atom. The predicted molar refractivity (Wildman–Crippen MR) is 88.7 cm³/mol. The minimum atomic E-state index is -0.0718. The summed E-state index contributed by atoms with van der Waals surface area (Å²) in [7, 11) is 0. The van der Waals surface area contributed by atoms with E-state index in [0.29, 0.717) is 5.56 Å². The molecule has 2 rings (SSSR count). The van der Waals surface area contributed by atoms with Crippen LogP contribution in [0.25, 0.3) is 0 Å². The van der Waals surface area contributed by atoms with Gasteiger partial charge in [-0.15, -0.1) is 11.3 Å². The van der Waals surface area contributed by atoms with E-state index in [-0.39, 0.29) is 11.9 Å². The monoisotopic (exact) mass is 303 g/mol. The van der Waals surface area contributed by atoms with Gasteiger partial charge in [0.2, 0.25) is 0 Å². The fourth-order valence-corrected chi connectivity index (χ4v) is 3.43. The number of hydrazine groups is 1. The number of nitrogens with one attached hydrogen (secondary N) is 2. The first kappa shape index (κ1) is 15.5. The molecule has 21 heavy (non-hydrogen) atoms. The van der Waals surface area contributed by atoms with Gasteiger partial charge in [0.05, 0.1) is 11.7 Å². The zero-order valence-electron chi connectivity index (χ0n) is 12.8. The fourth-order valence-electron chi connectivity index (χ4n) is 2.40. The topological polar surface area (TPSA) is 67.2 Å². The number of anilines is 1. The van der Waals surface area contributed by atoms with Crippen LogP contribution in [0.4, 0.5) is 5.69 Å². The summed E-state index contributed by atoms with van der Waals surface area (Å²) in [5, 5.41) is 3.05. The van der Waals surface area contributed by atoms with Crippen LogP contribution in [-0.2, 0) is 0 Å². The van der Waals surface area contributed by atoms with Crippen molar-refractivity contribution in [3.8, 4) is 0 Å². The Morgan fingerprint density at radius 3 is 2.48 bits per heavy atom. The van der Waals surface area contributed by atoms with E-state index in [4.69, 9.17) is 5.84 Å². The normalized spacial score (nSPS) is 12.0. The van der Waals surface area contributed by atoms with Crippen molar-refractivity contribution in [1.82, 2.24) is 5.32 Å². The highest BCUT2D eigenvalue weighted by Gasteiger charge is 2.15. The van der Waals surface area contributed by atoms with Crippen molar-refractivity contribution in [3.63, 3.8) is 0 Å². The van der Waals surface area contributed by atoms with Crippen molar-refractivity contribution >= 4 is 22.9 Å². The van der Waals surface area contributed by atoms with Crippen molar-refractivity contribution in [2.75, 3.05) is 5.43 Å². The molecule has 0 fully saturated rings. The molecule has 1 heterocycles. The summed E-state index contributed by atoms with van der Waals surface area (Å²) < 4.78 is 0. The number of rotatable bonds is 4. The number of aryl methyl sites for hydroxylation is 3. The summed E-state index contributed by atoms with van der Waals surface area (Å²) in [5.74, 6) is 5.33. The third-order valence-electron chi connectivity index (χ3n) is 3.54. The second-order valence-corrected chi connectivity index (χ2v) is 6.70. The Kier molecular flexibility index (Phi) is 4.65. The Morgan fingerprint density at radius 1 is 1.24 bits per heavy atom. The summed E-state index contributed by atoms with van der Waals surface area (Å²) in [6, 6.07) is 7.56. The van der Waals surface area contributed by atoms with Crippen LogP contribution in [0.1, 0.15) is 44.2 Å². The maximum absolute atomic E-state index is 12.3. The second-order valence-electron chi connectivity index (χ2n) is 5.24. The number of hydrogen-bond donors (Lipinski definition) is 3. The van der Waals surface area contributed by atoms with Gasteiger partial charge in [-0.1, -0.05) is 0 Å². The van der Waals surface area contributed by atoms with E-state index in [0.717, 1.165) is 11.3 Å². The van der Waals surface area contributed by atoms with Gasteiger partial charge in [0, 0.05) is 15.3 Å². The van der Waals surface area contributed by atoms with Crippen molar-refractivity contribution in [2.45, 2.75) is 33.7 Å². The van der Waals surface area contributed by atoms with Gasteiger partial charge in [-0.05, 0) is 63.1 Å². The third-order valence-corrected chi connectivity index (χ3v) is 4.52. The first-order valence-electron chi connectivity index (χ1n) is 6.87. The Labute approximate surface area is 129 Å². The Hall–Kier alpha value is -1.85. The van der Waals surface area contributed by atoms with Gasteiger partial charge in [0.25, 0.3) is 5.91 Å². The van der Waals surface area contributed by atoms with E-state index in [1.165, 1.54) is 15.3 Å². The van der Waals surface area contributed by atoms with Crippen LogP contribution in [-0.4, -0.2) is 5.91 Å². The molecular formula is C16H21N3OS. The summed E-state index contributed by atoms with van der Waals surface area (Å²) in [6.45, 7) is 8.09. The number of carbonyl (C=O) groups excluding carboxylic acids is 1. The molecule has 1 atom stereocenters. The van der Waals surface area contributed by atoms with Crippen LogP contribution in [0.2, 0.25) is 0 Å². The number of nitrogens with two attached hydrogens (primary N) is 1. The lowest BCUT2D eigenvalue weighted by Gasteiger charge is -2.15. The van der Waals surface area contributed by atoms with Gasteiger partial charge in [0.1, 0.15) is 0 Å². The van der Waals surface area contributed by atoms with Crippen molar-refractivity contribution in [3.05, 3.63) is 50.7 Å². The van der Waals surface area contributed by atoms with E-state index < -0.39 is 0 Å². The van der Waals surface area contributed by atoms with Gasteiger partial charge in [-0.25, -0.2) is 0 Å². The van der Waals surface area contributed by atoms with Crippen LogP contribution in [0.15, 0.2) is 24.3 Å². The largest absolute Gasteiger partial charge is 0.345 e. The van der Waals surface area contributed by atoms with Crippen LogP contribution in [0, 0.1) is 20.8 Å². The lowest BCUT2D eigenvalue weighted by atomic mass is 10.1. The van der Waals surface area contributed by atoms with Crippen LogP contribution >= 0.6 is 11.3 Å². The molecule has 0 radical (unpaired) electrons. The smallest absolute Gasteiger partial charge is 0.251 e. The number of nitrogen functional groups attached to an aromatic ring is 1. The van der Waals surface area contributed by atoms with Gasteiger partial charge in [-0.3, -0.25) is 10.6 Å². The molecule has 0 aliphatic heterocycles. The molecule has 1 amide bonds. The van der Waals surface area contributed by atoms with Gasteiger partial charge in [0.15, 0.2) is 0 Å². The second kappa shape index (κ2) is 6.28. The molecule has 1 aromatic carbocycles. The summed E-state index contributed by atoms with van der Waals surface area (Å²) >= 11 is 1.75. The number of amides is 1.